The van der Waals surface area contributed by atoms with Crippen LogP contribution in [0.1, 0.15) is 32.1 Å². The molecule has 2 N–H and O–H groups in total. The molecule has 1 fully saturated rings. The molecule has 1 aliphatic carbocycles. The van der Waals surface area contributed by atoms with Crippen LogP contribution in [0.3, 0.4) is 0 Å². The lowest BCUT2D eigenvalue weighted by Gasteiger charge is -2.22. The van der Waals surface area contributed by atoms with Gasteiger partial charge < -0.3 is 15.2 Å². The van der Waals surface area contributed by atoms with E-state index in [4.69, 9.17) is 10.5 Å². The molecular formula is C10H19NO3. The molecule has 0 amide bonds. The van der Waals surface area contributed by atoms with Gasteiger partial charge in [0.1, 0.15) is 0 Å². The third-order valence-electron chi connectivity index (χ3n) is 2.67. The van der Waals surface area contributed by atoms with E-state index in [9.17, 15) is 4.79 Å². The highest BCUT2D eigenvalue weighted by Gasteiger charge is 2.29. The summed E-state index contributed by atoms with van der Waals surface area (Å²) < 4.78 is 9.86. The SMILES string of the molecule is COC(=O)CCOCC1(N)CCCC1. The lowest BCUT2D eigenvalue weighted by atomic mass is 10.0. The molecule has 1 saturated carbocycles. The van der Waals surface area contributed by atoms with Crippen LogP contribution in [0.4, 0.5) is 0 Å². The van der Waals surface area contributed by atoms with Crippen molar-refractivity contribution in [1.29, 1.82) is 0 Å². The monoisotopic (exact) mass is 201 g/mol. The summed E-state index contributed by atoms with van der Waals surface area (Å²) in [7, 11) is 1.38. The molecule has 0 spiro atoms. The Morgan fingerprint density at radius 3 is 2.64 bits per heavy atom. The maximum absolute atomic E-state index is 10.8. The minimum Gasteiger partial charge on any atom is -0.469 e. The van der Waals surface area contributed by atoms with Crippen LogP contribution >= 0.6 is 0 Å². The molecule has 0 aliphatic heterocycles. The topological polar surface area (TPSA) is 61.5 Å². The van der Waals surface area contributed by atoms with Crippen molar-refractivity contribution in [2.45, 2.75) is 37.6 Å². The number of carbonyl (C=O) groups is 1. The molecule has 14 heavy (non-hydrogen) atoms. The fourth-order valence-corrected chi connectivity index (χ4v) is 1.76. The van der Waals surface area contributed by atoms with Crippen molar-refractivity contribution in [3.05, 3.63) is 0 Å². The molecule has 0 unspecified atom stereocenters. The van der Waals surface area contributed by atoms with Gasteiger partial charge in [-0.15, -0.1) is 0 Å². The summed E-state index contributed by atoms with van der Waals surface area (Å²) in [6.45, 7) is 0.968. The number of methoxy groups -OCH3 is 1. The zero-order valence-corrected chi connectivity index (χ0v) is 8.75. The van der Waals surface area contributed by atoms with Gasteiger partial charge in [-0.2, -0.15) is 0 Å². The summed E-state index contributed by atoms with van der Waals surface area (Å²) in [5.41, 5.74) is 5.92. The first-order chi connectivity index (χ1) is 6.66. The zero-order chi connectivity index (χ0) is 10.4. The first kappa shape index (κ1) is 11.5. The van der Waals surface area contributed by atoms with E-state index >= 15 is 0 Å². The number of nitrogens with two attached hydrogens (primary N) is 1. The van der Waals surface area contributed by atoms with Crippen molar-refractivity contribution in [2.75, 3.05) is 20.3 Å². The lowest BCUT2D eigenvalue weighted by Crippen LogP contribution is -2.41. The van der Waals surface area contributed by atoms with E-state index in [2.05, 4.69) is 4.74 Å². The van der Waals surface area contributed by atoms with Gasteiger partial charge in [-0.25, -0.2) is 0 Å². The minimum atomic E-state index is -0.234. The summed E-state index contributed by atoms with van der Waals surface area (Å²) in [4.78, 5) is 10.8. The molecule has 1 rings (SSSR count). The Bertz CT molecular complexity index is 188. The molecule has 1 aliphatic rings. The van der Waals surface area contributed by atoms with Crippen LogP contribution in [0.5, 0.6) is 0 Å². The second-order valence-corrected chi connectivity index (χ2v) is 3.95. The summed E-state index contributed by atoms with van der Waals surface area (Å²) in [5, 5.41) is 0. The number of carbonyl (C=O) groups excluding carboxylic acids is 1. The maximum Gasteiger partial charge on any atom is 0.307 e. The van der Waals surface area contributed by atoms with Gasteiger partial charge in [0.2, 0.25) is 0 Å². The number of ether oxygens (including phenoxy) is 2. The van der Waals surface area contributed by atoms with Crippen molar-refractivity contribution < 1.29 is 14.3 Å². The van der Waals surface area contributed by atoms with Gasteiger partial charge in [-0.1, -0.05) is 12.8 Å². The third-order valence-corrected chi connectivity index (χ3v) is 2.67. The molecule has 0 heterocycles. The normalized spacial score (nSPS) is 19.6. The van der Waals surface area contributed by atoms with E-state index in [1.54, 1.807) is 0 Å². The van der Waals surface area contributed by atoms with E-state index < -0.39 is 0 Å². The fourth-order valence-electron chi connectivity index (χ4n) is 1.76. The Labute approximate surface area is 84.7 Å². The van der Waals surface area contributed by atoms with Crippen LogP contribution in [0.2, 0.25) is 0 Å². The van der Waals surface area contributed by atoms with Gasteiger partial charge in [0.15, 0.2) is 0 Å². The van der Waals surface area contributed by atoms with Gasteiger partial charge in [-0.3, -0.25) is 4.79 Å². The number of hydrogen-bond donors (Lipinski definition) is 1. The fraction of sp³-hybridized carbons (Fsp3) is 0.900. The maximum atomic E-state index is 10.8. The predicted octanol–water partition coefficient (Wildman–Crippen LogP) is 0.838. The molecule has 0 bridgehead atoms. The van der Waals surface area contributed by atoms with Gasteiger partial charge in [0, 0.05) is 5.54 Å². The van der Waals surface area contributed by atoms with E-state index in [0.717, 1.165) is 12.8 Å². The van der Waals surface area contributed by atoms with Gasteiger partial charge in [-0.05, 0) is 12.8 Å². The molecule has 0 aromatic rings. The summed E-state index contributed by atoms with van der Waals surface area (Å²) in [6, 6.07) is 0. The van der Waals surface area contributed by atoms with Crippen molar-refractivity contribution >= 4 is 5.97 Å². The first-order valence-corrected chi connectivity index (χ1v) is 5.10. The molecule has 0 saturated heterocycles. The molecule has 0 radical (unpaired) electrons. The van der Waals surface area contributed by atoms with E-state index in [0.29, 0.717) is 19.6 Å². The third kappa shape index (κ3) is 3.64. The second-order valence-electron chi connectivity index (χ2n) is 3.95. The average molecular weight is 201 g/mol. The molecule has 82 valence electrons. The Kier molecular flexibility index (Phi) is 4.35. The largest absolute Gasteiger partial charge is 0.469 e. The van der Waals surface area contributed by atoms with Crippen LogP contribution in [0, 0.1) is 0 Å². The van der Waals surface area contributed by atoms with Crippen molar-refractivity contribution in [3.63, 3.8) is 0 Å². The number of hydrogen-bond acceptors (Lipinski definition) is 4. The van der Waals surface area contributed by atoms with E-state index in [-0.39, 0.29) is 11.5 Å². The zero-order valence-electron chi connectivity index (χ0n) is 8.75. The lowest BCUT2D eigenvalue weighted by molar-refractivity contribution is -0.141. The van der Waals surface area contributed by atoms with Crippen LogP contribution < -0.4 is 5.73 Å². The summed E-state index contributed by atoms with van der Waals surface area (Å²) in [6.07, 6.45) is 4.76. The standard InChI is InChI=1S/C10H19NO3/c1-13-9(12)4-7-14-8-10(11)5-2-3-6-10/h2-8,11H2,1H3. The first-order valence-electron chi connectivity index (χ1n) is 5.10. The number of esters is 1. The summed E-state index contributed by atoms with van der Waals surface area (Å²) >= 11 is 0. The van der Waals surface area contributed by atoms with Gasteiger partial charge in [0.05, 0.1) is 26.7 Å². The van der Waals surface area contributed by atoms with Crippen LogP contribution in [-0.2, 0) is 14.3 Å². The highest BCUT2D eigenvalue weighted by Crippen LogP contribution is 2.27. The molecule has 0 aromatic heterocycles. The van der Waals surface area contributed by atoms with Crippen molar-refractivity contribution in [3.8, 4) is 0 Å². The quantitative estimate of drug-likeness (QED) is 0.529. The van der Waals surface area contributed by atoms with Crippen LogP contribution in [0.15, 0.2) is 0 Å². The smallest absolute Gasteiger partial charge is 0.307 e. The number of rotatable bonds is 5. The highest BCUT2D eigenvalue weighted by molar-refractivity contribution is 5.69. The summed E-state index contributed by atoms with van der Waals surface area (Å²) in [5.74, 6) is -0.234. The molecular weight excluding hydrogens is 182 g/mol. The Hall–Kier alpha value is -0.610. The van der Waals surface area contributed by atoms with Crippen LogP contribution in [0.25, 0.3) is 0 Å². The Balaban J connectivity index is 2.06. The second kappa shape index (κ2) is 5.32. The Morgan fingerprint density at radius 2 is 2.07 bits per heavy atom. The van der Waals surface area contributed by atoms with Crippen molar-refractivity contribution in [2.24, 2.45) is 5.73 Å². The minimum absolute atomic E-state index is 0.143. The molecule has 4 nitrogen and oxygen atoms in total. The van der Waals surface area contributed by atoms with E-state index in [1.165, 1.54) is 20.0 Å². The average Bonchev–Trinajstić information content (AvgIpc) is 2.60. The van der Waals surface area contributed by atoms with E-state index in [1.807, 2.05) is 0 Å². The van der Waals surface area contributed by atoms with Crippen LogP contribution in [-0.4, -0.2) is 31.8 Å². The Morgan fingerprint density at radius 1 is 1.43 bits per heavy atom. The predicted molar refractivity (Wildman–Crippen MR) is 52.8 cm³/mol. The van der Waals surface area contributed by atoms with Crippen molar-refractivity contribution in [1.82, 2.24) is 0 Å². The van der Waals surface area contributed by atoms with Gasteiger partial charge in [0.25, 0.3) is 0 Å². The molecule has 4 heteroatoms. The molecule has 0 atom stereocenters. The van der Waals surface area contributed by atoms with Gasteiger partial charge >= 0.3 is 5.97 Å². The molecule has 0 aromatic carbocycles. The highest BCUT2D eigenvalue weighted by atomic mass is 16.5.